The highest BCUT2D eigenvalue weighted by Gasteiger charge is 2.29. The second-order valence-corrected chi connectivity index (χ2v) is 6.24. The largest absolute Gasteiger partial charge is 0.339 e. The number of aromatic nitrogens is 2. The molecule has 1 aliphatic carbocycles. The molecule has 3 rings (SSSR count). The summed E-state index contributed by atoms with van der Waals surface area (Å²) >= 11 is 0. The van der Waals surface area contributed by atoms with Crippen molar-refractivity contribution in [1.29, 1.82) is 0 Å². The summed E-state index contributed by atoms with van der Waals surface area (Å²) in [7, 11) is 0. The Morgan fingerprint density at radius 1 is 1.00 bits per heavy atom. The smallest absolute Gasteiger partial charge is 0.244 e. The maximum atomic E-state index is 12.5. The molecule has 0 spiro atoms. The lowest BCUT2D eigenvalue weighted by Gasteiger charge is -2.37. The molecule has 1 aliphatic heterocycles. The highest BCUT2D eigenvalue weighted by Crippen LogP contribution is 2.25. The van der Waals surface area contributed by atoms with E-state index in [1.54, 1.807) is 17.1 Å². The zero-order valence-electron chi connectivity index (χ0n) is 13.0. The molecular weight excluding hydrogens is 280 g/mol. The van der Waals surface area contributed by atoms with E-state index < -0.39 is 0 Å². The first-order chi connectivity index (χ1) is 10.7. The predicted molar refractivity (Wildman–Crippen MR) is 82.0 cm³/mol. The van der Waals surface area contributed by atoms with E-state index in [4.69, 9.17) is 0 Å². The molecule has 1 saturated carbocycles. The van der Waals surface area contributed by atoms with Gasteiger partial charge in [-0.05, 0) is 18.9 Å². The fourth-order valence-electron chi connectivity index (χ4n) is 3.42. The Labute approximate surface area is 131 Å². The van der Waals surface area contributed by atoms with Crippen LogP contribution in [0, 0.1) is 5.92 Å². The van der Waals surface area contributed by atoms with Crippen LogP contribution in [0.1, 0.15) is 32.1 Å². The zero-order chi connectivity index (χ0) is 15.4. The predicted octanol–water partition coefficient (Wildman–Crippen LogP) is 1.13. The van der Waals surface area contributed by atoms with Gasteiger partial charge in [-0.1, -0.05) is 19.3 Å². The molecule has 0 radical (unpaired) electrons. The van der Waals surface area contributed by atoms with Crippen LogP contribution in [-0.4, -0.2) is 57.6 Å². The van der Waals surface area contributed by atoms with Gasteiger partial charge >= 0.3 is 0 Å². The van der Waals surface area contributed by atoms with E-state index in [1.807, 2.05) is 15.9 Å². The molecule has 0 unspecified atom stereocenters. The molecule has 120 valence electrons. The van der Waals surface area contributed by atoms with Crippen molar-refractivity contribution in [3.05, 3.63) is 18.5 Å². The summed E-state index contributed by atoms with van der Waals surface area (Å²) in [6.45, 7) is 2.89. The summed E-state index contributed by atoms with van der Waals surface area (Å²) in [6.07, 6.45) is 9.17. The van der Waals surface area contributed by atoms with Crippen molar-refractivity contribution in [3.8, 4) is 0 Å². The summed E-state index contributed by atoms with van der Waals surface area (Å²) in [5.41, 5.74) is 0. The minimum atomic E-state index is 0.0773. The van der Waals surface area contributed by atoms with Gasteiger partial charge in [0.15, 0.2) is 0 Å². The second-order valence-electron chi connectivity index (χ2n) is 6.24. The lowest BCUT2D eigenvalue weighted by atomic mass is 9.88. The van der Waals surface area contributed by atoms with E-state index >= 15 is 0 Å². The third-order valence-electron chi connectivity index (χ3n) is 4.75. The average molecular weight is 304 g/mol. The van der Waals surface area contributed by atoms with Crippen molar-refractivity contribution < 1.29 is 9.59 Å². The van der Waals surface area contributed by atoms with E-state index in [9.17, 15) is 9.59 Å². The molecule has 1 aromatic rings. The maximum absolute atomic E-state index is 12.5. The van der Waals surface area contributed by atoms with Gasteiger partial charge in [-0.25, -0.2) is 0 Å². The normalized spacial score (nSPS) is 20.2. The minimum Gasteiger partial charge on any atom is -0.339 e. The van der Waals surface area contributed by atoms with Gasteiger partial charge < -0.3 is 9.80 Å². The third-order valence-corrected chi connectivity index (χ3v) is 4.75. The molecule has 0 N–H and O–H groups in total. The molecule has 1 saturated heterocycles. The van der Waals surface area contributed by atoms with Gasteiger partial charge in [-0.15, -0.1) is 0 Å². The number of carbonyl (C=O) groups excluding carboxylic acids is 2. The van der Waals surface area contributed by atoms with E-state index in [2.05, 4.69) is 5.10 Å². The first-order valence-corrected chi connectivity index (χ1v) is 8.28. The van der Waals surface area contributed by atoms with E-state index in [1.165, 1.54) is 19.3 Å². The van der Waals surface area contributed by atoms with Crippen molar-refractivity contribution in [2.75, 3.05) is 26.2 Å². The summed E-state index contributed by atoms with van der Waals surface area (Å²) in [6, 6.07) is 1.81. The van der Waals surface area contributed by atoms with Crippen LogP contribution in [0.4, 0.5) is 0 Å². The molecule has 2 heterocycles. The van der Waals surface area contributed by atoms with Gasteiger partial charge in [0.2, 0.25) is 11.8 Å². The Hall–Kier alpha value is -1.85. The minimum absolute atomic E-state index is 0.0773. The maximum Gasteiger partial charge on any atom is 0.244 e. The zero-order valence-corrected chi connectivity index (χ0v) is 13.0. The molecule has 2 fully saturated rings. The van der Waals surface area contributed by atoms with Gasteiger partial charge in [0.05, 0.1) is 0 Å². The van der Waals surface area contributed by atoms with E-state index in [0.717, 1.165) is 12.8 Å². The van der Waals surface area contributed by atoms with Gasteiger partial charge in [0.25, 0.3) is 0 Å². The van der Waals surface area contributed by atoms with Crippen molar-refractivity contribution in [3.63, 3.8) is 0 Å². The van der Waals surface area contributed by atoms with Crippen LogP contribution >= 0.6 is 0 Å². The first kappa shape index (κ1) is 15.1. The topological polar surface area (TPSA) is 58.4 Å². The third kappa shape index (κ3) is 3.48. The van der Waals surface area contributed by atoms with Gasteiger partial charge in [0.1, 0.15) is 6.54 Å². The van der Waals surface area contributed by atoms with Crippen LogP contribution in [0.15, 0.2) is 18.5 Å². The number of piperazine rings is 1. The number of amides is 2. The summed E-state index contributed by atoms with van der Waals surface area (Å²) in [5, 5.41) is 4.06. The van der Waals surface area contributed by atoms with E-state index in [0.29, 0.717) is 32.1 Å². The number of nitrogens with zero attached hydrogens (tertiary/aromatic N) is 4. The number of rotatable bonds is 3. The Bertz CT molecular complexity index is 500. The Kier molecular flexibility index (Phi) is 4.75. The van der Waals surface area contributed by atoms with Gasteiger partial charge in [0, 0.05) is 44.5 Å². The molecule has 0 bridgehead atoms. The molecule has 0 aromatic carbocycles. The highest BCUT2D eigenvalue weighted by molar-refractivity contribution is 5.80. The summed E-state index contributed by atoms with van der Waals surface area (Å²) in [4.78, 5) is 28.5. The lowest BCUT2D eigenvalue weighted by Crippen LogP contribution is -2.52. The van der Waals surface area contributed by atoms with Crippen molar-refractivity contribution >= 4 is 11.8 Å². The SMILES string of the molecule is O=C(Cn1cccn1)N1CCN(C(=O)C2CCCCC2)CC1. The van der Waals surface area contributed by atoms with E-state index in [-0.39, 0.29) is 18.4 Å². The fraction of sp³-hybridized carbons (Fsp3) is 0.688. The number of hydrogen-bond donors (Lipinski definition) is 0. The van der Waals surface area contributed by atoms with Crippen molar-refractivity contribution in [2.24, 2.45) is 5.92 Å². The lowest BCUT2D eigenvalue weighted by molar-refractivity contribution is -0.143. The standard InChI is InChI=1S/C16H24N4O2/c21-15(13-20-8-4-7-17-20)18-9-11-19(12-10-18)16(22)14-5-2-1-3-6-14/h4,7-8,14H,1-3,5-6,9-13H2. The monoisotopic (exact) mass is 304 g/mol. The van der Waals surface area contributed by atoms with Crippen molar-refractivity contribution in [1.82, 2.24) is 19.6 Å². The van der Waals surface area contributed by atoms with Crippen LogP contribution < -0.4 is 0 Å². The molecule has 6 heteroatoms. The van der Waals surface area contributed by atoms with Crippen LogP contribution in [0.25, 0.3) is 0 Å². The highest BCUT2D eigenvalue weighted by atomic mass is 16.2. The Balaban J connectivity index is 1.47. The van der Waals surface area contributed by atoms with Gasteiger partial charge in [-0.2, -0.15) is 5.10 Å². The molecule has 2 aliphatic rings. The molecule has 22 heavy (non-hydrogen) atoms. The fourth-order valence-corrected chi connectivity index (χ4v) is 3.42. The quantitative estimate of drug-likeness (QED) is 0.841. The Morgan fingerprint density at radius 3 is 2.32 bits per heavy atom. The van der Waals surface area contributed by atoms with Gasteiger partial charge in [-0.3, -0.25) is 14.3 Å². The second kappa shape index (κ2) is 6.94. The average Bonchev–Trinajstić information content (AvgIpc) is 3.08. The van der Waals surface area contributed by atoms with Crippen LogP contribution in [0.2, 0.25) is 0 Å². The van der Waals surface area contributed by atoms with Crippen LogP contribution in [-0.2, 0) is 16.1 Å². The van der Waals surface area contributed by atoms with Crippen LogP contribution in [0.3, 0.4) is 0 Å². The molecular formula is C16H24N4O2. The number of carbonyl (C=O) groups is 2. The summed E-state index contributed by atoms with van der Waals surface area (Å²) < 4.78 is 1.64. The molecule has 0 atom stereocenters. The number of hydrogen-bond acceptors (Lipinski definition) is 3. The van der Waals surface area contributed by atoms with Crippen LogP contribution in [0.5, 0.6) is 0 Å². The summed E-state index contributed by atoms with van der Waals surface area (Å²) in [5.74, 6) is 0.604. The molecule has 6 nitrogen and oxygen atoms in total. The molecule has 2 amide bonds. The Morgan fingerprint density at radius 2 is 1.68 bits per heavy atom. The molecule has 1 aromatic heterocycles. The van der Waals surface area contributed by atoms with Crippen molar-refractivity contribution in [2.45, 2.75) is 38.6 Å². The first-order valence-electron chi connectivity index (χ1n) is 8.28.